The van der Waals surface area contributed by atoms with Crippen molar-refractivity contribution in [3.63, 3.8) is 0 Å². The molecule has 0 bridgehead atoms. The van der Waals surface area contributed by atoms with Gasteiger partial charge in [-0.05, 0) is 18.9 Å². The summed E-state index contributed by atoms with van der Waals surface area (Å²) in [4.78, 5) is 30.5. The zero-order chi connectivity index (χ0) is 20.5. The van der Waals surface area contributed by atoms with E-state index < -0.39 is 0 Å². The second-order valence-corrected chi connectivity index (χ2v) is 7.88. The van der Waals surface area contributed by atoms with E-state index in [2.05, 4.69) is 25.9 Å². The monoisotopic (exact) mass is 411 g/mol. The number of fused-ring (bicyclic) bond motifs is 1. The normalized spacial score (nSPS) is 21.4. The van der Waals surface area contributed by atoms with Crippen molar-refractivity contribution < 1.29 is 14.3 Å². The van der Waals surface area contributed by atoms with E-state index in [0.717, 1.165) is 63.9 Å². The number of carbonyl (C=O) groups is 2. The van der Waals surface area contributed by atoms with Gasteiger partial charge >= 0.3 is 0 Å². The maximum atomic E-state index is 11.9. The van der Waals surface area contributed by atoms with Crippen LogP contribution < -0.4 is 16.0 Å². The summed E-state index contributed by atoms with van der Waals surface area (Å²) in [5, 5.41) is 13.7. The molecule has 3 N–H and O–H groups in total. The number of amides is 2. The molecule has 3 fully saturated rings. The summed E-state index contributed by atoms with van der Waals surface area (Å²) in [6, 6.07) is 2.43. The number of carbonyl (C=O) groups excluding carboxylic acids is 2. The molecule has 30 heavy (non-hydrogen) atoms. The van der Waals surface area contributed by atoms with E-state index in [1.165, 1.54) is 0 Å². The van der Waals surface area contributed by atoms with E-state index in [1.807, 2.05) is 6.07 Å². The molecule has 10 heteroatoms. The van der Waals surface area contributed by atoms with Crippen molar-refractivity contribution in [3.05, 3.63) is 23.4 Å². The lowest BCUT2D eigenvalue weighted by atomic mass is 10.1. The first kappa shape index (κ1) is 19.0. The standard InChI is InChI=1S/C20H25N7O3/c28-18-10-13(20(29)25-18)9-14-12-22-27-17(23-15-1-2-15)11-16(24-19(14)27)21-3-4-26-5-7-30-8-6-26/h9,11-12,15,23H,1-8,10H2,(H,21,24)(H,25,28,29)/b13-9+. The summed E-state index contributed by atoms with van der Waals surface area (Å²) in [6.07, 6.45) is 5.75. The Morgan fingerprint density at radius 2 is 2.10 bits per heavy atom. The SMILES string of the molecule is O=C1C/C(=C\c2cnn3c(NC4CC4)cc(NCCN4CCOCC4)nc23)C(=O)N1. The number of hydrogen-bond donors (Lipinski definition) is 3. The van der Waals surface area contributed by atoms with Crippen LogP contribution in [0.5, 0.6) is 0 Å². The molecule has 2 aliphatic heterocycles. The van der Waals surface area contributed by atoms with E-state index in [9.17, 15) is 9.59 Å². The molecule has 0 atom stereocenters. The number of hydrogen-bond acceptors (Lipinski definition) is 8. The predicted octanol–water partition coefficient (Wildman–Crippen LogP) is 0.478. The van der Waals surface area contributed by atoms with Crippen LogP contribution in [0.1, 0.15) is 24.8 Å². The quantitative estimate of drug-likeness (QED) is 0.445. The minimum absolute atomic E-state index is 0.0842. The Kier molecular flexibility index (Phi) is 5.09. The van der Waals surface area contributed by atoms with Crippen LogP contribution in [0.2, 0.25) is 0 Å². The fraction of sp³-hybridized carbons (Fsp3) is 0.500. The second kappa shape index (κ2) is 8.04. The number of anilines is 2. The van der Waals surface area contributed by atoms with Crippen molar-refractivity contribution in [1.82, 2.24) is 24.8 Å². The van der Waals surface area contributed by atoms with Crippen molar-refractivity contribution in [3.8, 4) is 0 Å². The lowest BCUT2D eigenvalue weighted by molar-refractivity contribution is -0.124. The lowest BCUT2D eigenvalue weighted by Gasteiger charge is -2.26. The highest BCUT2D eigenvalue weighted by Crippen LogP contribution is 2.28. The van der Waals surface area contributed by atoms with Crippen LogP contribution in [0.3, 0.4) is 0 Å². The topological polar surface area (TPSA) is 113 Å². The number of nitrogens with zero attached hydrogens (tertiary/aromatic N) is 4. The smallest absolute Gasteiger partial charge is 0.254 e. The van der Waals surface area contributed by atoms with Gasteiger partial charge in [0.15, 0.2) is 5.65 Å². The number of imide groups is 1. The molecule has 1 saturated carbocycles. The zero-order valence-corrected chi connectivity index (χ0v) is 16.7. The van der Waals surface area contributed by atoms with Crippen LogP contribution in [0.15, 0.2) is 17.8 Å². The summed E-state index contributed by atoms with van der Waals surface area (Å²) in [5.41, 5.74) is 1.79. The van der Waals surface area contributed by atoms with Gasteiger partial charge in [0.05, 0.1) is 25.8 Å². The zero-order valence-electron chi connectivity index (χ0n) is 16.7. The van der Waals surface area contributed by atoms with E-state index in [4.69, 9.17) is 9.72 Å². The molecule has 0 unspecified atom stereocenters. The second-order valence-electron chi connectivity index (χ2n) is 7.88. The Labute approximate surface area is 173 Å². The Morgan fingerprint density at radius 1 is 1.27 bits per heavy atom. The van der Waals surface area contributed by atoms with Gasteiger partial charge in [0, 0.05) is 49.4 Å². The number of rotatable bonds is 7. The lowest BCUT2D eigenvalue weighted by Crippen LogP contribution is -2.39. The molecule has 0 radical (unpaired) electrons. The highest BCUT2D eigenvalue weighted by Gasteiger charge is 2.25. The number of morpholine rings is 1. The molecule has 1 aliphatic carbocycles. The van der Waals surface area contributed by atoms with E-state index in [0.29, 0.717) is 22.8 Å². The predicted molar refractivity (Wildman–Crippen MR) is 111 cm³/mol. The van der Waals surface area contributed by atoms with Gasteiger partial charge in [0.1, 0.15) is 11.6 Å². The Morgan fingerprint density at radius 3 is 2.83 bits per heavy atom. The van der Waals surface area contributed by atoms with Crippen molar-refractivity contribution in [1.29, 1.82) is 0 Å². The van der Waals surface area contributed by atoms with Gasteiger partial charge in [-0.1, -0.05) is 0 Å². The average molecular weight is 411 g/mol. The van der Waals surface area contributed by atoms with Gasteiger partial charge in [0.2, 0.25) is 5.91 Å². The third-order valence-corrected chi connectivity index (χ3v) is 5.49. The van der Waals surface area contributed by atoms with Gasteiger partial charge in [0.25, 0.3) is 5.91 Å². The molecule has 5 rings (SSSR count). The first-order valence-electron chi connectivity index (χ1n) is 10.4. The third kappa shape index (κ3) is 4.14. The number of ether oxygens (including phenoxy) is 1. The van der Waals surface area contributed by atoms with Gasteiger partial charge in [-0.2, -0.15) is 9.61 Å². The van der Waals surface area contributed by atoms with Gasteiger partial charge < -0.3 is 15.4 Å². The molecule has 4 heterocycles. The Balaban J connectivity index is 1.40. The molecule has 10 nitrogen and oxygen atoms in total. The van der Waals surface area contributed by atoms with Crippen LogP contribution in [0, 0.1) is 0 Å². The van der Waals surface area contributed by atoms with Crippen LogP contribution >= 0.6 is 0 Å². The van der Waals surface area contributed by atoms with Gasteiger partial charge in [-0.3, -0.25) is 19.8 Å². The fourth-order valence-corrected chi connectivity index (χ4v) is 3.69. The highest BCUT2D eigenvalue weighted by atomic mass is 16.5. The van der Waals surface area contributed by atoms with Crippen LogP contribution in [-0.4, -0.2) is 76.7 Å². The van der Waals surface area contributed by atoms with Gasteiger partial charge in [-0.15, -0.1) is 0 Å². The minimum atomic E-state index is -0.351. The summed E-state index contributed by atoms with van der Waals surface area (Å²) in [7, 11) is 0. The van der Waals surface area contributed by atoms with E-state index in [-0.39, 0.29) is 18.2 Å². The van der Waals surface area contributed by atoms with Crippen LogP contribution in [0.25, 0.3) is 11.7 Å². The summed E-state index contributed by atoms with van der Waals surface area (Å²) in [5.74, 6) is 0.992. The van der Waals surface area contributed by atoms with Crippen molar-refractivity contribution in [2.45, 2.75) is 25.3 Å². The summed E-state index contributed by atoms with van der Waals surface area (Å²) in [6.45, 7) is 5.15. The van der Waals surface area contributed by atoms with E-state index >= 15 is 0 Å². The minimum Gasteiger partial charge on any atom is -0.379 e. The molecule has 3 aliphatic rings. The first-order valence-corrected chi connectivity index (χ1v) is 10.4. The molecule has 0 aromatic carbocycles. The van der Waals surface area contributed by atoms with Crippen molar-refractivity contribution in [2.75, 3.05) is 50.0 Å². The van der Waals surface area contributed by atoms with Crippen molar-refractivity contribution >= 4 is 35.2 Å². The molecule has 2 saturated heterocycles. The molecule has 2 amide bonds. The Hall–Kier alpha value is -2.98. The number of aromatic nitrogens is 3. The molecule has 2 aromatic heterocycles. The molecule has 158 valence electrons. The number of nitrogens with one attached hydrogen (secondary N) is 3. The maximum absolute atomic E-state index is 11.9. The first-order chi connectivity index (χ1) is 14.7. The Bertz CT molecular complexity index is 1010. The molecule has 2 aromatic rings. The van der Waals surface area contributed by atoms with Crippen molar-refractivity contribution in [2.24, 2.45) is 0 Å². The highest BCUT2D eigenvalue weighted by molar-refractivity contribution is 6.15. The summed E-state index contributed by atoms with van der Waals surface area (Å²) >= 11 is 0. The van der Waals surface area contributed by atoms with Crippen LogP contribution in [-0.2, 0) is 14.3 Å². The van der Waals surface area contributed by atoms with Gasteiger partial charge in [-0.25, -0.2) is 4.98 Å². The third-order valence-electron chi connectivity index (χ3n) is 5.49. The molecular formula is C20H25N7O3. The average Bonchev–Trinajstić information content (AvgIpc) is 3.37. The molecule has 0 spiro atoms. The van der Waals surface area contributed by atoms with E-state index in [1.54, 1.807) is 16.8 Å². The largest absolute Gasteiger partial charge is 0.379 e. The summed E-state index contributed by atoms with van der Waals surface area (Å²) < 4.78 is 7.15. The van der Waals surface area contributed by atoms with Crippen LogP contribution in [0.4, 0.5) is 11.6 Å². The molecular weight excluding hydrogens is 386 g/mol. The fourth-order valence-electron chi connectivity index (χ4n) is 3.69. The maximum Gasteiger partial charge on any atom is 0.254 e.